The van der Waals surface area contributed by atoms with E-state index < -0.39 is 0 Å². The standard InChI is InChI=1S/C8H7BrClNO/c9-6-3-1-2-5(8(6)10)7(12)4-11/h1-3H,4,11H2. The first-order valence-electron chi connectivity index (χ1n) is 3.34. The number of carbonyl (C=O) groups excluding carboxylic acids is 1. The maximum absolute atomic E-state index is 11.2. The first-order chi connectivity index (χ1) is 5.66. The van der Waals surface area contributed by atoms with Gasteiger partial charge in [0, 0.05) is 10.0 Å². The molecule has 0 radical (unpaired) electrons. The minimum Gasteiger partial charge on any atom is -0.324 e. The summed E-state index contributed by atoms with van der Waals surface area (Å²) < 4.78 is 0.712. The summed E-state index contributed by atoms with van der Waals surface area (Å²) in [6, 6.07) is 5.18. The van der Waals surface area contributed by atoms with Crippen LogP contribution in [0, 0.1) is 0 Å². The molecule has 1 aromatic carbocycles. The van der Waals surface area contributed by atoms with Crippen molar-refractivity contribution < 1.29 is 4.79 Å². The van der Waals surface area contributed by atoms with Crippen molar-refractivity contribution in [3.05, 3.63) is 33.3 Å². The summed E-state index contributed by atoms with van der Waals surface area (Å²) >= 11 is 9.06. The highest BCUT2D eigenvalue weighted by Gasteiger charge is 2.09. The Labute approximate surface area is 83.8 Å². The van der Waals surface area contributed by atoms with Crippen LogP contribution in [-0.2, 0) is 0 Å². The monoisotopic (exact) mass is 247 g/mol. The van der Waals surface area contributed by atoms with Gasteiger partial charge in [0.05, 0.1) is 11.6 Å². The molecule has 1 aromatic rings. The van der Waals surface area contributed by atoms with Gasteiger partial charge >= 0.3 is 0 Å². The molecular weight excluding hydrogens is 241 g/mol. The molecule has 0 unspecified atom stereocenters. The number of benzene rings is 1. The van der Waals surface area contributed by atoms with E-state index in [9.17, 15) is 4.79 Å². The van der Waals surface area contributed by atoms with Gasteiger partial charge in [-0.25, -0.2) is 0 Å². The van der Waals surface area contributed by atoms with Crippen molar-refractivity contribution in [2.24, 2.45) is 5.73 Å². The molecule has 12 heavy (non-hydrogen) atoms. The average Bonchev–Trinajstić information content (AvgIpc) is 2.08. The Morgan fingerprint density at radius 1 is 1.58 bits per heavy atom. The van der Waals surface area contributed by atoms with Gasteiger partial charge in [0.2, 0.25) is 0 Å². The van der Waals surface area contributed by atoms with Crippen LogP contribution in [0.1, 0.15) is 10.4 Å². The Kier molecular flexibility index (Phi) is 3.26. The predicted molar refractivity (Wildman–Crippen MR) is 52.5 cm³/mol. The van der Waals surface area contributed by atoms with Crippen LogP contribution in [-0.4, -0.2) is 12.3 Å². The topological polar surface area (TPSA) is 43.1 Å². The lowest BCUT2D eigenvalue weighted by Crippen LogP contribution is -2.13. The van der Waals surface area contributed by atoms with Crippen LogP contribution < -0.4 is 5.73 Å². The molecule has 2 nitrogen and oxygen atoms in total. The molecule has 0 heterocycles. The van der Waals surface area contributed by atoms with Crippen molar-refractivity contribution in [3.8, 4) is 0 Å². The smallest absolute Gasteiger partial charge is 0.177 e. The molecule has 0 amide bonds. The second kappa shape index (κ2) is 4.03. The average molecular weight is 249 g/mol. The van der Waals surface area contributed by atoms with Crippen molar-refractivity contribution in [1.29, 1.82) is 0 Å². The van der Waals surface area contributed by atoms with E-state index in [1.165, 1.54) is 0 Å². The van der Waals surface area contributed by atoms with Crippen molar-refractivity contribution in [2.45, 2.75) is 0 Å². The van der Waals surface area contributed by atoms with Crippen LogP contribution in [0.2, 0.25) is 5.02 Å². The summed E-state index contributed by atoms with van der Waals surface area (Å²) in [4.78, 5) is 11.2. The lowest BCUT2D eigenvalue weighted by molar-refractivity contribution is 0.100. The summed E-state index contributed by atoms with van der Waals surface area (Å²) in [5.74, 6) is -0.152. The zero-order valence-corrected chi connectivity index (χ0v) is 8.52. The quantitative estimate of drug-likeness (QED) is 0.816. The van der Waals surface area contributed by atoms with Crippen LogP contribution in [0.5, 0.6) is 0 Å². The molecular formula is C8H7BrClNO. The molecule has 0 aliphatic heterocycles. The summed E-state index contributed by atoms with van der Waals surface area (Å²) in [5.41, 5.74) is 5.67. The summed E-state index contributed by atoms with van der Waals surface area (Å²) in [6.07, 6.45) is 0. The highest BCUT2D eigenvalue weighted by molar-refractivity contribution is 9.10. The van der Waals surface area contributed by atoms with Gasteiger partial charge in [0.15, 0.2) is 5.78 Å². The van der Waals surface area contributed by atoms with Gasteiger partial charge in [-0.05, 0) is 28.1 Å². The van der Waals surface area contributed by atoms with E-state index in [4.69, 9.17) is 17.3 Å². The van der Waals surface area contributed by atoms with Gasteiger partial charge in [-0.2, -0.15) is 0 Å². The van der Waals surface area contributed by atoms with Crippen LogP contribution in [0.3, 0.4) is 0 Å². The number of hydrogen-bond acceptors (Lipinski definition) is 2. The minimum absolute atomic E-state index is 0.0177. The molecule has 0 saturated heterocycles. The van der Waals surface area contributed by atoms with Crippen molar-refractivity contribution in [3.63, 3.8) is 0 Å². The van der Waals surface area contributed by atoms with E-state index in [1.54, 1.807) is 18.2 Å². The van der Waals surface area contributed by atoms with E-state index in [-0.39, 0.29) is 12.3 Å². The SMILES string of the molecule is NCC(=O)c1cccc(Br)c1Cl. The second-order valence-electron chi connectivity index (χ2n) is 2.23. The molecule has 0 aromatic heterocycles. The molecule has 0 atom stereocenters. The van der Waals surface area contributed by atoms with Crippen molar-refractivity contribution in [1.82, 2.24) is 0 Å². The fraction of sp³-hybridized carbons (Fsp3) is 0.125. The Balaban J connectivity index is 3.16. The molecule has 0 saturated carbocycles. The van der Waals surface area contributed by atoms with Gasteiger partial charge in [0.25, 0.3) is 0 Å². The fourth-order valence-corrected chi connectivity index (χ4v) is 1.43. The second-order valence-corrected chi connectivity index (χ2v) is 3.46. The highest BCUT2D eigenvalue weighted by atomic mass is 79.9. The Bertz CT molecular complexity index is 314. The number of halogens is 2. The normalized spacial score (nSPS) is 9.92. The van der Waals surface area contributed by atoms with Crippen LogP contribution in [0.4, 0.5) is 0 Å². The van der Waals surface area contributed by atoms with E-state index in [0.29, 0.717) is 15.1 Å². The molecule has 0 fully saturated rings. The Hall–Kier alpha value is -0.380. The molecule has 2 N–H and O–H groups in total. The molecule has 64 valence electrons. The fourth-order valence-electron chi connectivity index (χ4n) is 0.829. The Morgan fingerprint density at radius 3 is 2.83 bits per heavy atom. The van der Waals surface area contributed by atoms with Gasteiger partial charge in [-0.15, -0.1) is 0 Å². The van der Waals surface area contributed by atoms with Gasteiger partial charge in [-0.3, -0.25) is 4.79 Å². The number of rotatable bonds is 2. The van der Waals surface area contributed by atoms with Gasteiger partial charge < -0.3 is 5.73 Å². The summed E-state index contributed by atoms with van der Waals surface area (Å²) in [5, 5.41) is 0.424. The van der Waals surface area contributed by atoms with E-state index in [1.807, 2.05) is 0 Å². The van der Waals surface area contributed by atoms with Gasteiger partial charge in [-0.1, -0.05) is 17.7 Å². The molecule has 0 bridgehead atoms. The molecule has 0 spiro atoms. The maximum Gasteiger partial charge on any atom is 0.177 e. The number of Topliss-reactive ketones (excluding diaryl/α,β-unsaturated/α-hetero) is 1. The largest absolute Gasteiger partial charge is 0.324 e. The molecule has 4 heteroatoms. The van der Waals surface area contributed by atoms with Crippen molar-refractivity contribution >= 4 is 33.3 Å². The summed E-state index contributed by atoms with van der Waals surface area (Å²) in [7, 11) is 0. The first-order valence-corrected chi connectivity index (χ1v) is 4.51. The lowest BCUT2D eigenvalue weighted by Gasteiger charge is -2.01. The summed E-state index contributed by atoms with van der Waals surface area (Å²) in [6.45, 7) is -0.0177. The predicted octanol–water partition coefficient (Wildman–Crippen LogP) is 2.24. The number of nitrogens with two attached hydrogens (primary N) is 1. The van der Waals surface area contributed by atoms with E-state index in [0.717, 1.165) is 0 Å². The zero-order valence-electron chi connectivity index (χ0n) is 6.18. The third-order valence-electron chi connectivity index (χ3n) is 1.44. The molecule has 1 rings (SSSR count). The Morgan fingerprint density at radius 2 is 2.25 bits per heavy atom. The first kappa shape index (κ1) is 9.71. The minimum atomic E-state index is -0.152. The third-order valence-corrected chi connectivity index (χ3v) is 2.73. The van der Waals surface area contributed by atoms with E-state index in [2.05, 4.69) is 15.9 Å². The maximum atomic E-state index is 11.2. The zero-order chi connectivity index (χ0) is 9.14. The van der Waals surface area contributed by atoms with Crippen LogP contribution >= 0.6 is 27.5 Å². The number of carbonyl (C=O) groups is 1. The molecule has 0 aliphatic carbocycles. The lowest BCUT2D eigenvalue weighted by atomic mass is 10.1. The van der Waals surface area contributed by atoms with E-state index >= 15 is 0 Å². The molecule has 0 aliphatic rings. The van der Waals surface area contributed by atoms with Crippen molar-refractivity contribution in [2.75, 3.05) is 6.54 Å². The van der Waals surface area contributed by atoms with Crippen LogP contribution in [0.15, 0.2) is 22.7 Å². The number of hydrogen-bond donors (Lipinski definition) is 1. The van der Waals surface area contributed by atoms with Gasteiger partial charge in [0.1, 0.15) is 0 Å². The number of ketones is 1. The third kappa shape index (κ3) is 1.86. The van der Waals surface area contributed by atoms with Crippen LogP contribution in [0.25, 0.3) is 0 Å². The highest BCUT2D eigenvalue weighted by Crippen LogP contribution is 2.25.